The third-order valence-corrected chi connectivity index (χ3v) is 3.62. The number of fused-ring (bicyclic) bond motifs is 3. The number of ether oxygens (including phenoxy) is 1. The second-order valence-corrected chi connectivity index (χ2v) is 5.01. The van der Waals surface area contributed by atoms with Crippen molar-refractivity contribution in [2.75, 3.05) is 7.11 Å². The first kappa shape index (κ1) is 12.7. The molecule has 0 unspecified atom stereocenters. The molecule has 0 aliphatic rings. The average Bonchev–Trinajstić information content (AvgIpc) is 2.84. The van der Waals surface area contributed by atoms with E-state index in [9.17, 15) is 4.79 Å². The predicted octanol–water partition coefficient (Wildman–Crippen LogP) is 4.06. The largest absolute Gasteiger partial charge is 0.465 e. The second kappa shape index (κ2) is 5.00. The lowest BCUT2D eigenvalue weighted by Gasteiger charge is -2.00. The first-order valence-corrected chi connectivity index (χ1v) is 6.85. The van der Waals surface area contributed by atoms with E-state index in [1.807, 2.05) is 12.1 Å². The first-order valence-electron chi connectivity index (χ1n) is 6.85. The Morgan fingerprint density at radius 2 is 1.80 bits per heavy atom. The lowest BCUT2D eigenvalue weighted by molar-refractivity contribution is 0.0601. The molecule has 3 aromatic rings. The number of hydrogen-bond donors (Lipinski definition) is 1. The topological polar surface area (TPSA) is 42.1 Å². The van der Waals surface area contributed by atoms with E-state index in [-0.39, 0.29) is 5.97 Å². The van der Waals surface area contributed by atoms with Gasteiger partial charge in [0.2, 0.25) is 0 Å². The van der Waals surface area contributed by atoms with Crippen molar-refractivity contribution in [2.45, 2.75) is 19.8 Å². The number of carbonyl (C=O) groups excluding carboxylic acids is 1. The molecule has 0 atom stereocenters. The summed E-state index contributed by atoms with van der Waals surface area (Å²) in [5.41, 5.74) is 4.05. The molecule has 0 radical (unpaired) electrons. The van der Waals surface area contributed by atoms with Gasteiger partial charge < -0.3 is 9.72 Å². The van der Waals surface area contributed by atoms with E-state index >= 15 is 0 Å². The van der Waals surface area contributed by atoms with Gasteiger partial charge in [0.1, 0.15) is 0 Å². The van der Waals surface area contributed by atoms with Crippen LogP contribution in [-0.4, -0.2) is 18.1 Å². The number of aromatic nitrogens is 1. The zero-order chi connectivity index (χ0) is 14.1. The number of esters is 1. The molecule has 0 saturated heterocycles. The van der Waals surface area contributed by atoms with Crippen LogP contribution in [0.5, 0.6) is 0 Å². The Balaban J connectivity index is 2.22. The summed E-state index contributed by atoms with van der Waals surface area (Å²) in [6.07, 6.45) is 2.20. The van der Waals surface area contributed by atoms with Gasteiger partial charge in [-0.2, -0.15) is 0 Å². The van der Waals surface area contributed by atoms with Crippen molar-refractivity contribution in [3.8, 4) is 0 Å². The van der Waals surface area contributed by atoms with Crippen LogP contribution in [0.15, 0.2) is 36.4 Å². The minimum Gasteiger partial charge on any atom is -0.465 e. The summed E-state index contributed by atoms with van der Waals surface area (Å²) in [5, 5.41) is 2.23. The Morgan fingerprint density at radius 1 is 1.10 bits per heavy atom. The summed E-state index contributed by atoms with van der Waals surface area (Å²) < 4.78 is 4.79. The molecule has 0 aliphatic heterocycles. The highest BCUT2D eigenvalue weighted by Crippen LogP contribution is 2.27. The van der Waals surface area contributed by atoms with Crippen LogP contribution < -0.4 is 0 Å². The van der Waals surface area contributed by atoms with Crippen molar-refractivity contribution < 1.29 is 9.53 Å². The molecule has 0 saturated carbocycles. The van der Waals surface area contributed by atoms with Crippen LogP contribution in [0.1, 0.15) is 29.3 Å². The van der Waals surface area contributed by atoms with Crippen molar-refractivity contribution in [3.05, 3.63) is 47.5 Å². The third-order valence-electron chi connectivity index (χ3n) is 3.62. The summed E-state index contributed by atoms with van der Waals surface area (Å²) in [4.78, 5) is 15.0. The number of rotatable bonds is 3. The number of hydrogen-bond acceptors (Lipinski definition) is 2. The summed E-state index contributed by atoms with van der Waals surface area (Å²) in [5.74, 6) is -0.300. The monoisotopic (exact) mass is 267 g/mol. The standard InChI is InChI=1S/C17H17NO2/c1-3-4-11-5-7-15-13(9-11)14-10-12(17(19)20-2)6-8-16(14)18-15/h5-10,18H,3-4H2,1-2H3. The van der Waals surface area contributed by atoms with Crippen LogP contribution >= 0.6 is 0 Å². The molecule has 3 rings (SSSR count). The van der Waals surface area contributed by atoms with E-state index in [2.05, 4.69) is 30.1 Å². The highest BCUT2D eigenvalue weighted by Gasteiger charge is 2.10. The number of benzene rings is 2. The van der Waals surface area contributed by atoms with Crippen molar-refractivity contribution >= 4 is 27.8 Å². The molecule has 1 N–H and O–H groups in total. The van der Waals surface area contributed by atoms with E-state index < -0.39 is 0 Å². The summed E-state index contributed by atoms with van der Waals surface area (Å²) >= 11 is 0. The van der Waals surface area contributed by atoms with Gasteiger partial charge >= 0.3 is 5.97 Å². The van der Waals surface area contributed by atoms with E-state index in [1.165, 1.54) is 12.7 Å². The molecule has 1 aromatic heterocycles. The third kappa shape index (κ3) is 2.05. The minimum absolute atomic E-state index is 0.300. The average molecular weight is 267 g/mol. The van der Waals surface area contributed by atoms with Gasteiger partial charge in [-0.25, -0.2) is 4.79 Å². The van der Waals surface area contributed by atoms with Gasteiger partial charge in [0.05, 0.1) is 12.7 Å². The highest BCUT2D eigenvalue weighted by atomic mass is 16.5. The maximum absolute atomic E-state index is 11.7. The number of carbonyl (C=O) groups is 1. The van der Waals surface area contributed by atoms with E-state index in [4.69, 9.17) is 4.74 Å². The molecular formula is C17H17NO2. The highest BCUT2D eigenvalue weighted by molar-refractivity contribution is 6.09. The van der Waals surface area contributed by atoms with E-state index in [0.29, 0.717) is 5.56 Å². The fraction of sp³-hybridized carbons (Fsp3) is 0.235. The molecule has 1 heterocycles. The Bertz CT molecular complexity index is 786. The van der Waals surface area contributed by atoms with Crippen LogP contribution in [-0.2, 0) is 11.2 Å². The molecule has 3 heteroatoms. The molecule has 102 valence electrons. The molecular weight excluding hydrogens is 250 g/mol. The van der Waals surface area contributed by atoms with Gasteiger partial charge in [-0.3, -0.25) is 0 Å². The van der Waals surface area contributed by atoms with Gasteiger partial charge in [-0.05, 0) is 42.3 Å². The lowest BCUT2D eigenvalue weighted by atomic mass is 10.0. The smallest absolute Gasteiger partial charge is 0.337 e. The zero-order valence-electron chi connectivity index (χ0n) is 11.7. The molecule has 2 aromatic carbocycles. The molecule has 0 amide bonds. The molecule has 0 bridgehead atoms. The molecule has 0 spiro atoms. The molecule has 20 heavy (non-hydrogen) atoms. The Hall–Kier alpha value is -2.29. The van der Waals surface area contributed by atoms with Crippen LogP contribution in [0.25, 0.3) is 21.8 Å². The summed E-state index contributed by atoms with van der Waals surface area (Å²) in [6.45, 7) is 2.18. The minimum atomic E-state index is -0.300. The van der Waals surface area contributed by atoms with Crippen LogP contribution in [0.4, 0.5) is 0 Å². The number of H-pyrrole nitrogens is 1. The normalized spacial score (nSPS) is 11.1. The fourth-order valence-corrected chi connectivity index (χ4v) is 2.63. The maximum Gasteiger partial charge on any atom is 0.337 e. The SMILES string of the molecule is CCCc1ccc2[nH]c3ccc(C(=O)OC)cc3c2c1. The van der Waals surface area contributed by atoms with Gasteiger partial charge in [-0.1, -0.05) is 19.4 Å². The number of methoxy groups -OCH3 is 1. The van der Waals surface area contributed by atoms with Gasteiger partial charge in [0, 0.05) is 21.8 Å². The first-order chi connectivity index (χ1) is 9.72. The predicted molar refractivity (Wildman–Crippen MR) is 81.1 cm³/mol. The second-order valence-electron chi connectivity index (χ2n) is 5.01. The van der Waals surface area contributed by atoms with Crippen LogP contribution in [0.2, 0.25) is 0 Å². The van der Waals surface area contributed by atoms with Gasteiger partial charge in [-0.15, -0.1) is 0 Å². The summed E-state index contributed by atoms with van der Waals surface area (Å²) in [7, 11) is 1.40. The summed E-state index contributed by atoms with van der Waals surface area (Å²) in [6, 6.07) is 12.1. The lowest BCUT2D eigenvalue weighted by Crippen LogP contribution is -2.00. The zero-order valence-corrected chi connectivity index (χ0v) is 11.7. The van der Waals surface area contributed by atoms with Crippen LogP contribution in [0.3, 0.4) is 0 Å². The van der Waals surface area contributed by atoms with Crippen molar-refractivity contribution in [1.29, 1.82) is 0 Å². The number of aryl methyl sites for hydroxylation is 1. The van der Waals surface area contributed by atoms with Crippen molar-refractivity contribution in [2.24, 2.45) is 0 Å². The van der Waals surface area contributed by atoms with E-state index in [0.717, 1.165) is 34.6 Å². The fourth-order valence-electron chi connectivity index (χ4n) is 2.63. The Kier molecular flexibility index (Phi) is 3.18. The van der Waals surface area contributed by atoms with Gasteiger partial charge in [0.25, 0.3) is 0 Å². The molecule has 3 nitrogen and oxygen atoms in total. The van der Waals surface area contributed by atoms with E-state index in [1.54, 1.807) is 6.07 Å². The van der Waals surface area contributed by atoms with Gasteiger partial charge in [0.15, 0.2) is 0 Å². The quantitative estimate of drug-likeness (QED) is 0.727. The van der Waals surface area contributed by atoms with Crippen molar-refractivity contribution in [3.63, 3.8) is 0 Å². The number of aromatic amines is 1. The van der Waals surface area contributed by atoms with Crippen LogP contribution in [0, 0.1) is 0 Å². The molecule has 0 aliphatic carbocycles. The Labute approximate surface area is 117 Å². The Morgan fingerprint density at radius 3 is 2.50 bits per heavy atom. The molecule has 0 fully saturated rings. The van der Waals surface area contributed by atoms with Crippen molar-refractivity contribution in [1.82, 2.24) is 4.98 Å². The number of nitrogens with one attached hydrogen (secondary N) is 1. The maximum atomic E-state index is 11.7.